The van der Waals surface area contributed by atoms with Crippen molar-refractivity contribution in [2.45, 2.75) is 43.5 Å². The fourth-order valence-electron chi connectivity index (χ4n) is 3.63. The van der Waals surface area contributed by atoms with Gasteiger partial charge in [0.15, 0.2) is 11.0 Å². The summed E-state index contributed by atoms with van der Waals surface area (Å²) in [5.74, 6) is 1.46. The van der Waals surface area contributed by atoms with Crippen molar-refractivity contribution in [1.29, 1.82) is 0 Å². The number of furan rings is 1. The SMILES string of the molecule is Cc1occc1-c1nnc(S[C@H](C)C(=O)Nc2ccc(N3CCCCC3)cc2)n1C. The lowest BCUT2D eigenvalue weighted by Gasteiger charge is -2.28. The van der Waals surface area contributed by atoms with Gasteiger partial charge in [-0.2, -0.15) is 0 Å². The Bertz CT molecular complexity index is 1000. The zero-order valence-electron chi connectivity index (χ0n) is 17.6. The van der Waals surface area contributed by atoms with Gasteiger partial charge in [-0.05, 0) is 63.4 Å². The maximum atomic E-state index is 12.7. The quantitative estimate of drug-likeness (QED) is 0.586. The molecule has 0 bridgehead atoms. The first-order valence-electron chi connectivity index (χ1n) is 10.3. The number of nitrogens with zero attached hydrogens (tertiary/aromatic N) is 4. The first-order valence-corrected chi connectivity index (χ1v) is 11.2. The van der Waals surface area contributed by atoms with E-state index in [0.29, 0.717) is 5.16 Å². The minimum atomic E-state index is -0.312. The standard InChI is InChI=1S/C22H27N5O2S/c1-15-19(11-14-29-15)20-24-25-22(26(20)3)30-16(2)21(28)23-17-7-9-18(10-8-17)27-12-5-4-6-13-27/h7-11,14,16H,4-6,12-13H2,1-3H3,(H,23,28)/t16-/m1/s1. The van der Waals surface area contributed by atoms with E-state index in [0.717, 1.165) is 35.9 Å². The van der Waals surface area contributed by atoms with Gasteiger partial charge in [0.2, 0.25) is 5.91 Å². The molecule has 0 spiro atoms. The Hall–Kier alpha value is -2.74. The van der Waals surface area contributed by atoms with Crippen LogP contribution in [0.5, 0.6) is 0 Å². The number of piperidine rings is 1. The molecule has 1 fully saturated rings. The van der Waals surface area contributed by atoms with E-state index in [9.17, 15) is 4.79 Å². The zero-order chi connectivity index (χ0) is 21.1. The summed E-state index contributed by atoms with van der Waals surface area (Å²) in [5.41, 5.74) is 2.93. The Kier molecular flexibility index (Phi) is 6.13. The molecule has 3 heterocycles. The van der Waals surface area contributed by atoms with E-state index in [1.54, 1.807) is 6.26 Å². The molecule has 4 rings (SSSR count). The number of nitrogens with one attached hydrogen (secondary N) is 1. The van der Waals surface area contributed by atoms with Crippen LogP contribution < -0.4 is 10.2 Å². The zero-order valence-corrected chi connectivity index (χ0v) is 18.4. The van der Waals surface area contributed by atoms with Crippen LogP contribution in [0.25, 0.3) is 11.4 Å². The summed E-state index contributed by atoms with van der Waals surface area (Å²) in [5, 5.41) is 11.9. The monoisotopic (exact) mass is 425 g/mol. The predicted molar refractivity (Wildman–Crippen MR) is 120 cm³/mol. The highest BCUT2D eigenvalue weighted by molar-refractivity contribution is 8.00. The van der Waals surface area contributed by atoms with Crippen LogP contribution in [0.15, 0.2) is 46.2 Å². The van der Waals surface area contributed by atoms with Gasteiger partial charge in [0, 0.05) is 31.5 Å². The highest BCUT2D eigenvalue weighted by Gasteiger charge is 2.21. The number of hydrogen-bond acceptors (Lipinski definition) is 6. The van der Waals surface area contributed by atoms with Crippen molar-refractivity contribution in [3.63, 3.8) is 0 Å². The van der Waals surface area contributed by atoms with Crippen molar-refractivity contribution in [3.8, 4) is 11.4 Å². The summed E-state index contributed by atoms with van der Waals surface area (Å²) in [6, 6.07) is 9.99. The lowest BCUT2D eigenvalue weighted by atomic mass is 10.1. The van der Waals surface area contributed by atoms with E-state index in [1.807, 2.05) is 43.7 Å². The maximum absolute atomic E-state index is 12.7. The molecule has 1 aromatic carbocycles. The normalized spacial score (nSPS) is 15.2. The number of anilines is 2. The van der Waals surface area contributed by atoms with Gasteiger partial charge < -0.3 is 19.2 Å². The molecule has 0 saturated carbocycles. The Balaban J connectivity index is 1.37. The van der Waals surface area contributed by atoms with Gasteiger partial charge in [-0.25, -0.2) is 0 Å². The number of rotatable bonds is 6. The number of aryl methyl sites for hydroxylation is 1. The van der Waals surface area contributed by atoms with Crippen molar-refractivity contribution < 1.29 is 9.21 Å². The lowest BCUT2D eigenvalue weighted by molar-refractivity contribution is -0.115. The molecule has 1 N–H and O–H groups in total. The van der Waals surface area contributed by atoms with Gasteiger partial charge in [0.05, 0.1) is 17.1 Å². The van der Waals surface area contributed by atoms with E-state index in [1.165, 1.54) is 36.7 Å². The molecule has 1 amide bonds. The Morgan fingerprint density at radius 2 is 1.87 bits per heavy atom. The van der Waals surface area contributed by atoms with Crippen LogP contribution in [-0.2, 0) is 11.8 Å². The molecule has 158 valence electrons. The molecule has 3 aromatic rings. The molecule has 0 unspecified atom stereocenters. The molecule has 1 atom stereocenters. The third-order valence-electron chi connectivity index (χ3n) is 5.44. The summed E-state index contributed by atoms with van der Waals surface area (Å²) in [6.45, 7) is 5.98. The van der Waals surface area contributed by atoms with Crippen LogP contribution in [0.3, 0.4) is 0 Å². The van der Waals surface area contributed by atoms with Gasteiger partial charge in [-0.15, -0.1) is 10.2 Å². The van der Waals surface area contributed by atoms with E-state index >= 15 is 0 Å². The van der Waals surface area contributed by atoms with E-state index in [4.69, 9.17) is 4.42 Å². The van der Waals surface area contributed by atoms with Crippen LogP contribution >= 0.6 is 11.8 Å². The largest absolute Gasteiger partial charge is 0.469 e. The minimum absolute atomic E-state index is 0.0604. The van der Waals surface area contributed by atoms with Crippen molar-refractivity contribution in [1.82, 2.24) is 14.8 Å². The second-order valence-corrected chi connectivity index (χ2v) is 8.91. The topological polar surface area (TPSA) is 76.2 Å². The van der Waals surface area contributed by atoms with Crippen molar-refractivity contribution in [2.75, 3.05) is 23.3 Å². The van der Waals surface area contributed by atoms with Gasteiger partial charge in [0.1, 0.15) is 5.76 Å². The molecule has 30 heavy (non-hydrogen) atoms. The maximum Gasteiger partial charge on any atom is 0.237 e. The highest BCUT2D eigenvalue weighted by atomic mass is 32.2. The third kappa shape index (κ3) is 4.38. The van der Waals surface area contributed by atoms with Crippen molar-refractivity contribution >= 4 is 29.0 Å². The number of benzene rings is 1. The molecular weight excluding hydrogens is 398 g/mol. The molecule has 1 saturated heterocycles. The lowest BCUT2D eigenvalue weighted by Crippen LogP contribution is -2.29. The van der Waals surface area contributed by atoms with Crippen LogP contribution in [0.1, 0.15) is 31.9 Å². The smallest absolute Gasteiger partial charge is 0.237 e. The summed E-state index contributed by atoms with van der Waals surface area (Å²) in [4.78, 5) is 15.1. The summed E-state index contributed by atoms with van der Waals surface area (Å²) in [6.07, 6.45) is 5.45. The summed E-state index contributed by atoms with van der Waals surface area (Å²) >= 11 is 1.39. The van der Waals surface area contributed by atoms with Crippen LogP contribution in [-0.4, -0.2) is 39.0 Å². The fraction of sp³-hybridized carbons (Fsp3) is 0.409. The van der Waals surface area contributed by atoms with Crippen LogP contribution in [0.4, 0.5) is 11.4 Å². The molecule has 0 radical (unpaired) electrons. The third-order valence-corrected chi connectivity index (χ3v) is 6.58. The molecule has 1 aliphatic heterocycles. The first-order chi connectivity index (χ1) is 14.5. The Morgan fingerprint density at radius 3 is 2.53 bits per heavy atom. The summed E-state index contributed by atoms with van der Waals surface area (Å²) < 4.78 is 7.25. The molecule has 0 aliphatic carbocycles. The number of thioether (sulfide) groups is 1. The van der Waals surface area contributed by atoms with Gasteiger partial charge in [-0.3, -0.25) is 4.79 Å². The summed E-state index contributed by atoms with van der Waals surface area (Å²) in [7, 11) is 1.90. The van der Waals surface area contributed by atoms with Crippen molar-refractivity contribution in [3.05, 3.63) is 42.4 Å². The average Bonchev–Trinajstić information content (AvgIpc) is 3.34. The second-order valence-electron chi connectivity index (χ2n) is 7.60. The van der Waals surface area contributed by atoms with Crippen LogP contribution in [0.2, 0.25) is 0 Å². The number of carbonyl (C=O) groups excluding carboxylic acids is 1. The highest BCUT2D eigenvalue weighted by Crippen LogP contribution is 2.28. The van der Waals surface area contributed by atoms with E-state index in [2.05, 4.69) is 32.5 Å². The number of amides is 1. The van der Waals surface area contributed by atoms with E-state index in [-0.39, 0.29) is 11.2 Å². The molecule has 7 nitrogen and oxygen atoms in total. The second kappa shape index (κ2) is 8.95. The number of aromatic nitrogens is 3. The Labute approximate surface area is 180 Å². The first kappa shape index (κ1) is 20.5. The van der Waals surface area contributed by atoms with Gasteiger partial charge in [-0.1, -0.05) is 11.8 Å². The number of hydrogen-bond donors (Lipinski definition) is 1. The number of carbonyl (C=O) groups is 1. The Morgan fingerprint density at radius 1 is 1.13 bits per heavy atom. The molecule has 2 aromatic heterocycles. The fourth-order valence-corrected chi connectivity index (χ4v) is 4.45. The minimum Gasteiger partial charge on any atom is -0.469 e. The predicted octanol–water partition coefficient (Wildman–Crippen LogP) is 4.49. The molecular formula is C22H27N5O2S. The average molecular weight is 426 g/mol. The van der Waals surface area contributed by atoms with Gasteiger partial charge in [0.25, 0.3) is 0 Å². The molecule has 1 aliphatic rings. The van der Waals surface area contributed by atoms with Gasteiger partial charge >= 0.3 is 0 Å². The van der Waals surface area contributed by atoms with E-state index < -0.39 is 0 Å². The molecule has 8 heteroatoms. The van der Waals surface area contributed by atoms with Crippen LogP contribution in [0, 0.1) is 6.92 Å². The van der Waals surface area contributed by atoms with Crippen molar-refractivity contribution in [2.24, 2.45) is 7.05 Å².